The third-order valence-electron chi connectivity index (χ3n) is 3.51. The standard InChI is InChI=1S/C19H15F2N3O2S/c20-13-6-4-12(5-7-13)11-27-19-23-16(10-18(26)24-19)9-17(25)22-15-3-1-2-14(21)8-15/h1-8,10H,9,11H2,(H,22,25)(H,23,24,26). The predicted octanol–water partition coefficient (Wildman–Crippen LogP) is 3.52. The lowest BCUT2D eigenvalue weighted by Crippen LogP contribution is -2.18. The Morgan fingerprint density at radius 2 is 1.85 bits per heavy atom. The third-order valence-corrected chi connectivity index (χ3v) is 4.46. The molecule has 0 bridgehead atoms. The highest BCUT2D eigenvalue weighted by Crippen LogP contribution is 2.19. The first-order valence-corrected chi connectivity index (χ1v) is 8.99. The summed E-state index contributed by atoms with van der Waals surface area (Å²) in [5.41, 5.74) is 1.13. The molecule has 27 heavy (non-hydrogen) atoms. The van der Waals surface area contributed by atoms with Crippen LogP contribution in [0.25, 0.3) is 0 Å². The lowest BCUT2D eigenvalue weighted by Gasteiger charge is -2.06. The smallest absolute Gasteiger partial charge is 0.251 e. The van der Waals surface area contributed by atoms with Crippen molar-refractivity contribution in [2.45, 2.75) is 17.3 Å². The number of benzene rings is 2. The SMILES string of the molecule is O=C(Cc1cc(=O)[nH]c(SCc2ccc(F)cc2)n1)Nc1cccc(F)c1. The summed E-state index contributed by atoms with van der Waals surface area (Å²) in [6.07, 6.45) is -0.120. The van der Waals surface area contributed by atoms with Crippen molar-refractivity contribution in [2.75, 3.05) is 5.32 Å². The van der Waals surface area contributed by atoms with E-state index in [4.69, 9.17) is 0 Å². The van der Waals surface area contributed by atoms with Gasteiger partial charge >= 0.3 is 0 Å². The first-order chi connectivity index (χ1) is 13.0. The van der Waals surface area contributed by atoms with Crippen LogP contribution in [0, 0.1) is 11.6 Å². The van der Waals surface area contributed by atoms with Crippen molar-refractivity contribution in [1.29, 1.82) is 0 Å². The van der Waals surface area contributed by atoms with Crippen molar-refractivity contribution in [3.8, 4) is 0 Å². The molecule has 0 saturated carbocycles. The van der Waals surface area contributed by atoms with E-state index in [1.54, 1.807) is 18.2 Å². The lowest BCUT2D eigenvalue weighted by molar-refractivity contribution is -0.115. The molecule has 0 fully saturated rings. The van der Waals surface area contributed by atoms with Crippen molar-refractivity contribution in [2.24, 2.45) is 0 Å². The Hall–Kier alpha value is -3.00. The number of H-pyrrole nitrogens is 1. The average Bonchev–Trinajstić information content (AvgIpc) is 2.60. The van der Waals surface area contributed by atoms with Crippen molar-refractivity contribution in [3.05, 3.63) is 87.8 Å². The molecule has 1 amide bonds. The zero-order valence-corrected chi connectivity index (χ0v) is 14.9. The van der Waals surface area contributed by atoms with Gasteiger partial charge in [0.05, 0.1) is 12.1 Å². The molecule has 3 rings (SSSR count). The molecule has 0 radical (unpaired) electrons. The minimum atomic E-state index is -0.457. The molecule has 0 saturated heterocycles. The molecule has 0 spiro atoms. The highest BCUT2D eigenvalue weighted by molar-refractivity contribution is 7.98. The number of aromatic nitrogens is 2. The molecular formula is C19H15F2N3O2S. The van der Waals surface area contributed by atoms with Gasteiger partial charge in [0.2, 0.25) is 5.91 Å². The van der Waals surface area contributed by atoms with Gasteiger partial charge in [-0.25, -0.2) is 13.8 Å². The number of nitrogens with one attached hydrogen (secondary N) is 2. The van der Waals surface area contributed by atoms with Crippen LogP contribution >= 0.6 is 11.8 Å². The number of hydrogen-bond donors (Lipinski definition) is 2. The van der Waals surface area contributed by atoms with Crippen LogP contribution in [0.3, 0.4) is 0 Å². The Morgan fingerprint density at radius 1 is 1.07 bits per heavy atom. The zero-order valence-electron chi connectivity index (χ0n) is 14.0. The van der Waals surface area contributed by atoms with Crippen molar-refractivity contribution < 1.29 is 13.6 Å². The average molecular weight is 387 g/mol. The van der Waals surface area contributed by atoms with Crippen LogP contribution in [0.4, 0.5) is 14.5 Å². The second-order valence-corrected chi connectivity index (χ2v) is 6.66. The third kappa shape index (κ3) is 5.75. The van der Waals surface area contributed by atoms with Gasteiger partial charge in [-0.3, -0.25) is 9.59 Å². The maximum Gasteiger partial charge on any atom is 0.251 e. The molecule has 8 heteroatoms. The fourth-order valence-corrected chi connectivity index (χ4v) is 3.16. The number of halogens is 2. The number of amides is 1. The topological polar surface area (TPSA) is 74.8 Å². The summed E-state index contributed by atoms with van der Waals surface area (Å²) in [5.74, 6) is -0.696. The van der Waals surface area contributed by atoms with E-state index >= 15 is 0 Å². The molecule has 0 aliphatic rings. The van der Waals surface area contributed by atoms with Crippen LogP contribution in [0.2, 0.25) is 0 Å². The van der Waals surface area contributed by atoms with Gasteiger partial charge in [0.25, 0.3) is 5.56 Å². The first-order valence-electron chi connectivity index (χ1n) is 8.01. The number of aromatic amines is 1. The number of thioether (sulfide) groups is 1. The Morgan fingerprint density at radius 3 is 2.59 bits per heavy atom. The fourth-order valence-electron chi connectivity index (χ4n) is 2.31. The van der Waals surface area contributed by atoms with E-state index in [0.29, 0.717) is 22.3 Å². The monoisotopic (exact) mass is 387 g/mol. The Labute approximate surface area is 157 Å². The van der Waals surface area contributed by atoms with E-state index in [9.17, 15) is 18.4 Å². The van der Waals surface area contributed by atoms with E-state index in [2.05, 4.69) is 15.3 Å². The molecule has 0 atom stereocenters. The molecule has 3 aromatic rings. The number of hydrogen-bond acceptors (Lipinski definition) is 4. The minimum absolute atomic E-state index is 0.120. The number of anilines is 1. The van der Waals surface area contributed by atoms with Crippen LogP contribution in [-0.2, 0) is 17.0 Å². The Bertz CT molecular complexity index is 1010. The first kappa shape index (κ1) is 18.8. The molecule has 2 aromatic carbocycles. The van der Waals surface area contributed by atoms with E-state index in [-0.39, 0.29) is 17.8 Å². The van der Waals surface area contributed by atoms with Gasteiger partial charge in [-0.15, -0.1) is 0 Å². The van der Waals surface area contributed by atoms with Crippen LogP contribution < -0.4 is 10.9 Å². The van der Waals surface area contributed by atoms with E-state index in [0.717, 1.165) is 5.56 Å². The van der Waals surface area contributed by atoms with E-state index in [1.807, 2.05) is 0 Å². The quantitative estimate of drug-likeness (QED) is 0.501. The molecule has 1 aromatic heterocycles. The van der Waals surface area contributed by atoms with Gasteiger partial charge in [-0.2, -0.15) is 0 Å². The molecule has 0 aliphatic heterocycles. The van der Waals surface area contributed by atoms with Crippen LogP contribution in [0.15, 0.2) is 64.5 Å². The molecule has 0 aliphatic carbocycles. The minimum Gasteiger partial charge on any atom is -0.326 e. The molecule has 5 nitrogen and oxygen atoms in total. The van der Waals surface area contributed by atoms with Crippen molar-refractivity contribution in [1.82, 2.24) is 9.97 Å². The molecular weight excluding hydrogens is 372 g/mol. The van der Waals surface area contributed by atoms with Crippen molar-refractivity contribution in [3.63, 3.8) is 0 Å². The molecule has 138 valence electrons. The Kier molecular flexibility index (Phi) is 5.97. The lowest BCUT2D eigenvalue weighted by atomic mass is 10.2. The maximum absolute atomic E-state index is 13.2. The van der Waals surface area contributed by atoms with E-state index in [1.165, 1.54) is 48.2 Å². The van der Waals surface area contributed by atoms with Gasteiger partial charge in [0.1, 0.15) is 11.6 Å². The predicted molar refractivity (Wildman–Crippen MR) is 99.6 cm³/mol. The van der Waals surface area contributed by atoms with Gasteiger partial charge in [0.15, 0.2) is 5.16 Å². The molecule has 0 unspecified atom stereocenters. The second kappa shape index (κ2) is 8.59. The summed E-state index contributed by atoms with van der Waals surface area (Å²) >= 11 is 1.27. The highest BCUT2D eigenvalue weighted by Gasteiger charge is 2.09. The van der Waals surface area contributed by atoms with Crippen LogP contribution in [0.1, 0.15) is 11.3 Å². The number of carbonyl (C=O) groups is 1. The number of nitrogens with zero attached hydrogens (tertiary/aromatic N) is 1. The van der Waals surface area contributed by atoms with Crippen molar-refractivity contribution >= 4 is 23.4 Å². The summed E-state index contributed by atoms with van der Waals surface area (Å²) in [5, 5.41) is 2.92. The maximum atomic E-state index is 13.2. The Balaban J connectivity index is 1.64. The number of carbonyl (C=O) groups excluding carboxylic acids is 1. The summed E-state index contributed by atoms with van der Waals surface area (Å²) < 4.78 is 26.1. The molecule has 1 heterocycles. The summed E-state index contributed by atoms with van der Waals surface area (Å²) in [6.45, 7) is 0. The van der Waals surface area contributed by atoms with Gasteiger partial charge in [-0.05, 0) is 35.9 Å². The normalized spacial score (nSPS) is 10.6. The zero-order chi connectivity index (χ0) is 19.2. The summed E-state index contributed by atoms with van der Waals surface area (Å²) in [7, 11) is 0. The second-order valence-electron chi connectivity index (χ2n) is 5.69. The van der Waals surface area contributed by atoms with Gasteiger partial charge < -0.3 is 10.3 Å². The largest absolute Gasteiger partial charge is 0.326 e. The highest BCUT2D eigenvalue weighted by atomic mass is 32.2. The van der Waals surface area contributed by atoms with Gasteiger partial charge in [0, 0.05) is 17.5 Å². The summed E-state index contributed by atoms with van der Waals surface area (Å²) in [6, 6.07) is 12.8. The van der Waals surface area contributed by atoms with Gasteiger partial charge in [-0.1, -0.05) is 30.0 Å². The summed E-state index contributed by atoms with van der Waals surface area (Å²) in [4.78, 5) is 30.8. The number of rotatable bonds is 6. The van der Waals surface area contributed by atoms with E-state index < -0.39 is 11.7 Å². The van der Waals surface area contributed by atoms with Crippen LogP contribution in [-0.4, -0.2) is 15.9 Å². The van der Waals surface area contributed by atoms with Crippen LogP contribution in [0.5, 0.6) is 0 Å². The fraction of sp³-hybridized carbons (Fsp3) is 0.105. The molecule has 2 N–H and O–H groups in total.